The van der Waals surface area contributed by atoms with Crippen LogP contribution < -0.4 is 11.1 Å². The van der Waals surface area contributed by atoms with Crippen LogP contribution >= 0.6 is 0 Å². The molecule has 4 rings (SSSR count). The van der Waals surface area contributed by atoms with Gasteiger partial charge in [0.25, 0.3) is 16.0 Å². The summed E-state index contributed by atoms with van der Waals surface area (Å²) < 4.78 is 33.2. The molecule has 0 spiro atoms. The van der Waals surface area contributed by atoms with Gasteiger partial charge >= 0.3 is 0 Å². The zero-order chi connectivity index (χ0) is 22.7. The average molecular weight is 469 g/mol. The summed E-state index contributed by atoms with van der Waals surface area (Å²) in [6.07, 6.45) is 0. The summed E-state index contributed by atoms with van der Waals surface area (Å²) in [5.41, 5.74) is 8.03. The van der Waals surface area contributed by atoms with E-state index in [1.54, 1.807) is 60.7 Å². The molecule has 0 fully saturated rings. The van der Waals surface area contributed by atoms with E-state index < -0.39 is 10.1 Å². The number of rotatable bonds is 5. The Hall–Kier alpha value is -3.08. The van der Waals surface area contributed by atoms with Crippen LogP contribution in [0, 0.1) is 0 Å². The minimum atomic E-state index is -4.49. The van der Waals surface area contributed by atoms with Crippen molar-refractivity contribution in [2.24, 2.45) is 10.2 Å². The second-order valence-electron chi connectivity index (χ2n) is 6.90. The topological polar surface area (TPSA) is 134 Å². The van der Waals surface area contributed by atoms with Gasteiger partial charge in [-0.05, 0) is 42.5 Å². The van der Waals surface area contributed by atoms with Gasteiger partial charge in [0.2, 0.25) is 0 Å². The van der Waals surface area contributed by atoms with Gasteiger partial charge < -0.3 is 11.1 Å². The number of nitrogens with one attached hydrogen (secondary N) is 1. The zero-order valence-electron chi connectivity index (χ0n) is 17.6. The number of carbonyl (C=O) groups is 1. The second kappa shape index (κ2) is 10.2. The molecular weight excluding hydrogens is 451 g/mol. The molecule has 0 heterocycles. The van der Waals surface area contributed by atoms with Crippen LogP contribution in [0.3, 0.4) is 0 Å². The van der Waals surface area contributed by atoms with E-state index in [-0.39, 0.29) is 51.7 Å². The summed E-state index contributed by atoms with van der Waals surface area (Å²) in [5, 5.41) is 11.7. The fourth-order valence-corrected chi connectivity index (χ4v) is 3.88. The quantitative estimate of drug-likeness (QED) is 0.164. The van der Waals surface area contributed by atoms with Crippen LogP contribution in [0.15, 0.2) is 100 Å². The van der Waals surface area contributed by atoms with Gasteiger partial charge in [0.1, 0.15) is 10.6 Å². The third kappa shape index (κ3) is 5.65. The van der Waals surface area contributed by atoms with Crippen molar-refractivity contribution in [1.82, 2.24) is 0 Å². The molecule has 4 aromatic rings. The van der Waals surface area contributed by atoms with Crippen molar-refractivity contribution in [3.8, 4) is 0 Å². The Balaban J connectivity index is 0.00000306. The van der Waals surface area contributed by atoms with E-state index in [1.165, 1.54) is 6.07 Å². The molecule has 0 aromatic heterocycles. The molecule has 0 aliphatic carbocycles. The maximum absolute atomic E-state index is 12.3. The van der Waals surface area contributed by atoms with E-state index in [0.717, 1.165) is 0 Å². The van der Waals surface area contributed by atoms with Crippen molar-refractivity contribution in [3.63, 3.8) is 0 Å². The molecule has 33 heavy (non-hydrogen) atoms. The first-order chi connectivity index (χ1) is 15.3. The molecule has 0 aliphatic heterocycles. The Labute approximate surface area is 212 Å². The predicted molar refractivity (Wildman–Crippen MR) is 129 cm³/mol. The van der Waals surface area contributed by atoms with Crippen LogP contribution in [-0.2, 0) is 10.1 Å². The summed E-state index contributed by atoms with van der Waals surface area (Å²) in [5.74, 6) is -0.267. The minimum absolute atomic E-state index is 0. The Kier molecular flexibility index (Phi) is 7.62. The van der Waals surface area contributed by atoms with Crippen LogP contribution in [-0.4, -0.2) is 48.4 Å². The molecule has 161 valence electrons. The predicted octanol–water partition coefficient (Wildman–Crippen LogP) is 4.96. The monoisotopic (exact) mass is 469 g/mol. The van der Waals surface area contributed by atoms with Crippen molar-refractivity contribution >= 4 is 79.1 Å². The molecule has 4 aromatic carbocycles. The van der Waals surface area contributed by atoms with Gasteiger partial charge in [-0.2, -0.15) is 13.5 Å². The van der Waals surface area contributed by atoms with E-state index in [0.29, 0.717) is 27.7 Å². The van der Waals surface area contributed by atoms with Crippen molar-refractivity contribution in [1.29, 1.82) is 0 Å². The number of hydrogen-bond donors (Lipinski definition) is 3. The number of nitrogen functional groups attached to an aromatic ring is 1. The standard InChI is InChI=1S/C23H18N4O4S.Na/c24-22-19-9-5-4-8-18(19)21(32(29,30)31)14-20(22)27-26-17-12-10-15(11-13-17)23(28)25-16-6-2-1-3-7-16;/h1-14H,24H2,(H,25,28)(H,29,30,31);. The van der Waals surface area contributed by atoms with Gasteiger partial charge in [-0.3, -0.25) is 9.35 Å². The molecule has 0 unspecified atom stereocenters. The average Bonchev–Trinajstić information content (AvgIpc) is 2.79. The van der Waals surface area contributed by atoms with Gasteiger partial charge in [-0.15, -0.1) is 5.11 Å². The first kappa shape index (κ1) is 24.6. The number of para-hydroxylation sites is 1. The number of nitrogens with two attached hydrogens (primary N) is 1. The molecule has 0 bridgehead atoms. The minimum Gasteiger partial charge on any atom is -0.396 e. The number of azo groups is 1. The largest absolute Gasteiger partial charge is 0.396 e. The fraction of sp³-hybridized carbons (Fsp3) is 0. The summed E-state index contributed by atoms with van der Waals surface area (Å²) >= 11 is 0. The molecule has 10 heteroatoms. The molecule has 8 nitrogen and oxygen atoms in total. The van der Waals surface area contributed by atoms with Crippen molar-refractivity contribution in [2.75, 3.05) is 11.1 Å². The van der Waals surface area contributed by atoms with Crippen LogP contribution in [0.5, 0.6) is 0 Å². The van der Waals surface area contributed by atoms with E-state index in [1.807, 2.05) is 18.2 Å². The van der Waals surface area contributed by atoms with Crippen molar-refractivity contribution in [2.45, 2.75) is 4.90 Å². The first-order valence-electron chi connectivity index (χ1n) is 9.50. The Morgan fingerprint density at radius 1 is 0.848 bits per heavy atom. The molecule has 1 amide bonds. The van der Waals surface area contributed by atoms with Crippen LogP contribution in [0.2, 0.25) is 0 Å². The first-order valence-corrected chi connectivity index (χ1v) is 10.9. The van der Waals surface area contributed by atoms with Crippen LogP contribution in [0.4, 0.5) is 22.7 Å². The maximum Gasteiger partial charge on any atom is 0.295 e. The molecule has 1 radical (unpaired) electrons. The number of hydrogen-bond acceptors (Lipinski definition) is 6. The maximum atomic E-state index is 12.3. The summed E-state index contributed by atoms with van der Waals surface area (Å²) in [4.78, 5) is 12.0. The van der Waals surface area contributed by atoms with E-state index in [4.69, 9.17) is 5.73 Å². The fourth-order valence-electron chi connectivity index (χ4n) is 3.16. The molecule has 0 atom stereocenters. The van der Waals surface area contributed by atoms with Gasteiger partial charge in [-0.25, -0.2) is 0 Å². The van der Waals surface area contributed by atoms with Crippen molar-refractivity contribution in [3.05, 3.63) is 90.5 Å². The Bertz CT molecular complexity index is 1440. The van der Waals surface area contributed by atoms with E-state index in [2.05, 4.69) is 15.5 Å². The molecule has 0 saturated carbocycles. The van der Waals surface area contributed by atoms with E-state index in [9.17, 15) is 17.8 Å². The number of anilines is 2. The summed E-state index contributed by atoms with van der Waals surface area (Å²) in [6, 6.07) is 23.2. The molecule has 4 N–H and O–H groups in total. The van der Waals surface area contributed by atoms with Crippen LogP contribution in [0.25, 0.3) is 10.8 Å². The smallest absolute Gasteiger partial charge is 0.295 e. The van der Waals surface area contributed by atoms with Crippen LogP contribution in [0.1, 0.15) is 10.4 Å². The third-order valence-corrected chi connectivity index (χ3v) is 5.63. The van der Waals surface area contributed by atoms with Gasteiger partial charge in [0.05, 0.1) is 11.4 Å². The zero-order valence-corrected chi connectivity index (χ0v) is 20.5. The van der Waals surface area contributed by atoms with Gasteiger partial charge in [0, 0.05) is 51.6 Å². The number of fused-ring (bicyclic) bond motifs is 1. The number of benzene rings is 4. The molecular formula is C23H18N4NaO4S. The van der Waals surface area contributed by atoms with Crippen molar-refractivity contribution < 1.29 is 17.8 Å². The Morgan fingerprint density at radius 2 is 1.45 bits per heavy atom. The van der Waals surface area contributed by atoms with Gasteiger partial charge in [-0.1, -0.05) is 42.5 Å². The summed E-state index contributed by atoms with van der Waals surface area (Å²) in [6.45, 7) is 0. The SMILES string of the molecule is Nc1c(N=Nc2ccc(C(=O)Nc3ccccc3)cc2)cc(S(=O)(=O)O)c2ccccc12.[Na]. The summed E-state index contributed by atoms with van der Waals surface area (Å²) in [7, 11) is -4.49. The number of carbonyl (C=O) groups excluding carboxylic acids is 1. The van der Waals surface area contributed by atoms with E-state index >= 15 is 0 Å². The number of nitrogens with zero attached hydrogens (tertiary/aromatic N) is 2. The second-order valence-corrected chi connectivity index (χ2v) is 8.29. The molecule has 0 saturated heterocycles. The normalized spacial score (nSPS) is 11.3. The number of amides is 1. The molecule has 0 aliphatic rings. The Morgan fingerprint density at radius 3 is 2.09 bits per heavy atom. The third-order valence-electron chi connectivity index (χ3n) is 4.74. The van der Waals surface area contributed by atoms with Gasteiger partial charge in [0.15, 0.2) is 0 Å².